The van der Waals surface area contributed by atoms with Crippen molar-refractivity contribution >= 4 is 10.9 Å². The van der Waals surface area contributed by atoms with Gasteiger partial charge in [-0.05, 0) is 42.0 Å². The quantitative estimate of drug-likeness (QED) is 0.768. The van der Waals surface area contributed by atoms with Crippen molar-refractivity contribution in [2.75, 3.05) is 0 Å². The molecule has 0 amide bonds. The summed E-state index contributed by atoms with van der Waals surface area (Å²) >= 11 is 0. The number of rotatable bonds is 2. The van der Waals surface area contributed by atoms with Gasteiger partial charge in [0, 0.05) is 23.3 Å². The van der Waals surface area contributed by atoms with E-state index in [0.29, 0.717) is 22.0 Å². The number of hydrogen-bond acceptors (Lipinski definition) is 3. The summed E-state index contributed by atoms with van der Waals surface area (Å²) in [5.41, 5.74) is 1.57. The molecule has 2 heterocycles. The van der Waals surface area contributed by atoms with E-state index in [0.717, 1.165) is 0 Å². The molecule has 0 radical (unpaired) electrons. The van der Waals surface area contributed by atoms with E-state index in [1.807, 2.05) is 0 Å². The molecule has 20 heavy (non-hydrogen) atoms. The zero-order valence-electron chi connectivity index (χ0n) is 10.3. The van der Waals surface area contributed by atoms with E-state index in [2.05, 4.69) is 9.97 Å². The minimum absolute atomic E-state index is 0.111. The zero-order chi connectivity index (χ0) is 14.1. The van der Waals surface area contributed by atoms with Crippen molar-refractivity contribution in [3.05, 3.63) is 54.5 Å². The highest BCUT2D eigenvalue weighted by Gasteiger charge is 2.12. The second-order valence-corrected chi connectivity index (χ2v) is 4.30. The second-order valence-electron chi connectivity index (χ2n) is 4.30. The number of benzene rings is 1. The zero-order valence-corrected chi connectivity index (χ0v) is 10.3. The lowest BCUT2D eigenvalue weighted by Crippen LogP contribution is -1.91. The molecular weight excluding hydrogens is 262 g/mol. The van der Waals surface area contributed by atoms with Crippen LogP contribution in [-0.2, 0) is 0 Å². The van der Waals surface area contributed by atoms with Crippen LogP contribution in [0.2, 0.25) is 0 Å². The van der Waals surface area contributed by atoms with Crippen LogP contribution in [0.5, 0.6) is 5.75 Å². The Labute approximate surface area is 113 Å². The Morgan fingerprint density at radius 2 is 1.85 bits per heavy atom. The van der Waals surface area contributed by atoms with Gasteiger partial charge in [0.15, 0.2) is 0 Å². The molecule has 0 fully saturated rings. The average molecular weight is 272 g/mol. The van der Waals surface area contributed by atoms with Crippen molar-refractivity contribution in [1.82, 2.24) is 9.97 Å². The number of phenolic OH excluding ortho intramolecular Hbond substituents is 1. The van der Waals surface area contributed by atoms with Crippen molar-refractivity contribution in [3.63, 3.8) is 0 Å². The summed E-state index contributed by atoms with van der Waals surface area (Å²) in [6.07, 6.45) is 0.324. The van der Waals surface area contributed by atoms with E-state index in [9.17, 15) is 13.9 Å². The third kappa shape index (κ3) is 2.07. The molecule has 0 aliphatic carbocycles. The lowest BCUT2D eigenvalue weighted by molar-refractivity contribution is 0.146. The Bertz CT molecular complexity index is 775. The molecule has 0 saturated carbocycles. The fraction of sp³-hybridized carbons (Fsp3) is 0.0667. The first-order valence-corrected chi connectivity index (χ1v) is 5.98. The monoisotopic (exact) mass is 272 g/mol. The first-order valence-electron chi connectivity index (χ1n) is 5.98. The molecule has 100 valence electrons. The highest BCUT2D eigenvalue weighted by Crippen LogP contribution is 2.33. The topological polar surface area (TPSA) is 46.0 Å². The number of nitrogens with zero attached hydrogens (tertiary/aromatic N) is 2. The maximum Gasteiger partial charge on any atom is 0.280 e. The van der Waals surface area contributed by atoms with Crippen LogP contribution in [0.4, 0.5) is 8.78 Å². The fourth-order valence-corrected chi connectivity index (χ4v) is 2.13. The molecule has 3 rings (SSSR count). The Balaban J connectivity index is 2.25. The fourth-order valence-electron chi connectivity index (χ4n) is 2.13. The molecule has 5 heteroatoms. The van der Waals surface area contributed by atoms with Gasteiger partial charge in [0.25, 0.3) is 6.43 Å². The number of pyridine rings is 2. The van der Waals surface area contributed by atoms with Crippen LogP contribution >= 0.6 is 0 Å². The van der Waals surface area contributed by atoms with Gasteiger partial charge < -0.3 is 5.11 Å². The number of fused-ring (bicyclic) bond motifs is 1. The van der Waals surface area contributed by atoms with Crippen molar-refractivity contribution in [2.24, 2.45) is 0 Å². The summed E-state index contributed by atoms with van der Waals surface area (Å²) in [4.78, 5) is 7.87. The first-order chi connectivity index (χ1) is 9.66. The van der Waals surface area contributed by atoms with Crippen LogP contribution in [0.3, 0.4) is 0 Å². The van der Waals surface area contributed by atoms with Crippen molar-refractivity contribution in [1.29, 1.82) is 0 Å². The molecule has 0 atom stereocenters. The average Bonchev–Trinajstić information content (AvgIpc) is 2.48. The van der Waals surface area contributed by atoms with E-state index in [1.165, 1.54) is 18.3 Å². The van der Waals surface area contributed by atoms with E-state index in [4.69, 9.17) is 0 Å². The number of hydrogen-bond donors (Lipinski definition) is 1. The highest BCUT2D eigenvalue weighted by molar-refractivity contribution is 5.96. The molecule has 1 N–H and O–H groups in total. The number of phenols is 1. The van der Waals surface area contributed by atoms with Gasteiger partial charge in [-0.1, -0.05) is 0 Å². The minimum atomic E-state index is -2.62. The Morgan fingerprint density at radius 1 is 1.00 bits per heavy atom. The van der Waals surface area contributed by atoms with E-state index >= 15 is 0 Å². The predicted molar refractivity (Wildman–Crippen MR) is 71.6 cm³/mol. The van der Waals surface area contributed by atoms with Gasteiger partial charge in [0.05, 0.1) is 5.52 Å². The molecule has 2 aromatic heterocycles. The molecule has 0 spiro atoms. The summed E-state index contributed by atoms with van der Waals surface area (Å²) in [6, 6.07) is 9.62. The lowest BCUT2D eigenvalue weighted by atomic mass is 10.0. The Kier molecular flexibility index (Phi) is 3.02. The van der Waals surface area contributed by atoms with Gasteiger partial charge in [0.2, 0.25) is 0 Å². The predicted octanol–water partition coefficient (Wildman–Crippen LogP) is 3.94. The SMILES string of the molecule is Oc1ccc(-c2ccnc(C(F)F)c2)c2ncccc12. The maximum atomic E-state index is 12.7. The normalized spacial score (nSPS) is 11.2. The molecule has 1 aromatic carbocycles. The highest BCUT2D eigenvalue weighted by atomic mass is 19.3. The largest absolute Gasteiger partial charge is 0.507 e. The summed E-state index contributed by atoms with van der Waals surface area (Å²) in [6.45, 7) is 0. The third-order valence-corrected chi connectivity index (χ3v) is 3.06. The molecule has 0 saturated heterocycles. The van der Waals surface area contributed by atoms with E-state index < -0.39 is 6.43 Å². The standard InChI is InChI=1S/C15H10F2N2O/c16-15(17)12-8-9(5-7-18-12)10-3-4-13(20)11-2-1-6-19-14(10)11/h1-8,15,20H. The van der Waals surface area contributed by atoms with Crippen LogP contribution in [0.15, 0.2) is 48.8 Å². The van der Waals surface area contributed by atoms with Crippen molar-refractivity contribution in [2.45, 2.75) is 6.43 Å². The van der Waals surface area contributed by atoms with Gasteiger partial charge >= 0.3 is 0 Å². The Hall–Kier alpha value is -2.56. The third-order valence-electron chi connectivity index (χ3n) is 3.06. The van der Waals surface area contributed by atoms with Crippen LogP contribution < -0.4 is 0 Å². The van der Waals surface area contributed by atoms with Gasteiger partial charge in [0.1, 0.15) is 11.4 Å². The van der Waals surface area contributed by atoms with Crippen LogP contribution in [-0.4, -0.2) is 15.1 Å². The van der Waals surface area contributed by atoms with Gasteiger partial charge in [-0.15, -0.1) is 0 Å². The van der Waals surface area contributed by atoms with Crippen LogP contribution in [0, 0.1) is 0 Å². The van der Waals surface area contributed by atoms with Crippen LogP contribution in [0.25, 0.3) is 22.0 Å². The lowest BCUT2D eigenvalue weighted by Gasteiger charge is -2.08. The van der Waals surface area contributed by atoms with Crippen LogP contribution in [0.1, 0.15) is 12.1 Å². The number of aromatic hydroxyl groups is 1. The summed E-state index contributed by atoms with van der Waals surface area (Å²) in [5, 5.41) is 10.4. The number of aromatic nitrogens is 2. The first kappa shape index (κ1) is 12.5. The molecule has 0 aliphatic heterocycles. The second kappa shape index (κ2) is 4.85. The molecular formula is C15H10F2N2O. The van der Waals surface area contributed by atoms with E-state index in [1.54, 1.807) is 30.5 Å². The number of halogens is 2. The van der Waals surface area contributed by atoms with Gasteiger partial charge in [-0.3, -0.25) is 9.97 Å². The number of alkyl halides is 2. The molecule has 3 nitrogen and oxygen atoms in total. The summed E-state index contributed by atoms with van der Waals surface area (Å²) in [7, 11) is 0. The van der Waals surface area contributed by atoms with E-state index in [-0.39, 0.29) is 11.4 Å². The van der Waals surface area contributed by atoms with Crippen molar-refractivity contribution in [3.8, 4) is 16.9 Å². The molecule has 3 aromatic rings. The minimum Gasteiger partial charge on any atom is -0.507 e. The summed E-state index contributed by atoms with van der Waals surface area (Å²) < 4.78 is 25.4. The van der Waals surface area contributed by atoms with Gasteiger partial charge in [-0.25, -0.2) is 8.78 Å². The maximum absolute atomic E-state index is 12.7. The van der Waals surface area contributed by atoms with Crippen molar-refractivity contribution < 1.29 is 13.9 Å². The molecule has 0 unspecified atom stereocenters. The smallest absolute Gasteiger partial charge is 0.280 e. The van der Waals surface area contributed by atoms with Gasteiger partial charge in [-0.2, -0.15) is 0 Å². The molecule has 0 aliphatic rings. The molecule has 0 bridgehead atoms. The summed E-state index contributed by atoms with van der Waals surface area (Å²) in [5.74, 6) is 0.111. The Morgan fingerprint density at radius 3 is 2.65 bits per heavy atom.